The number of aromatic nitrogens is 4. The van der Waals surface area contributed by atoms with Crippen LogP contribution in [0.4, 0.5) is 5.69 Å². The van der Waals surface area contributed by atoms with Crippen LogP contribution in [0, 0.1) is 13.8 Å². The lowest BCUT2D eigenvalue weighted by Crippen LogP contribution is -2.49. The first-order valence-corrected chi connectivity index (χ1v) is 15.6. The van der Waals surface area contributed by atoms with Gasteiger partial charge >= 0.3 is 0 Å². The van der Waals surface area contributed by atoms with Crippen LogP contribution in [0.15, 0.2) is 68.6 Å². The minimum atomic E-state index is -4.03. The molecule has 4 heterocycles. The van der Waals surface area contributed by atoms with Crippen molar-refractivity contribution in [3.8, 4) is 0 Å². The molecule has 41 heavy (non-hydrogen) atoms. The van der Waals surface area contributed by atoms with Crippen LogP contribution in [0.3, 0.4) is 0 Å². The Balaban J connectivity index is 1.23. The number of fused-ring (bicyclic) bond motifs is 3. The van der Waals surface area contributed by atoms with Crippen LogP contribution < -0.4 is 15.8 Å². The smallest absolute Gasteiger partial charge is 0.281 e. The van der Waals surface area contributed by atoms with Gasteiger partial charge in [-0.2, -0.15) is 4.98 Å². The van der Waals surface area contributed by atoms with Crippen LogP contribution in [-0.2, 0) is 21.2 Å². The number of hydrogen-bond donors (Lipinski definition) is 2. The molecule has 1 saturated heterocycles. The molecule has 1 amide bonds. The molecular weight excluding hydrogens is 562 g/mol. The molecule has 0 spiro atoms. The molecule has 2 aromatic carbocycles. The van der Waals surface area contributed by atoms with Crippen molar-refractivity contribution in [1.82, 2.24) is 30.0 Å². The first-order chi connectivity index (χ1) is 19.7. The molecule has 212 valence electrons. The molecular formula is C28H29N7O4S2. The lowest BCUT2D eigenvalue weighted by atomic mass is 10.2. The molecule has 0 atom stereocenters. The molecule has 1 fully saturated rings. The summed E-state index contributed by atoms with van der Waals surface area (Å²) in [6.45, 7) is 7.30. The number of hydrogen-bond acceptors (Lipinski definition) is 9. The Hall–Kier alpha value is -4.07. The van der Waals surface area contributed by atoms with Gasteiger partial charge in [-0.05, 0) is 55.1 Å². The third-order valence-corrected chi connectivity index (χ3v) is 10.0. The largest absolute Gasteiger partial charge is 0.369 e. The van der Waals surface area contributed by atoms with Crippen molar-refractivity contribution < 1.29 is 13.2 Å². The summed E-state index contributed by atoms with van der Waals surface area (Å²) < 4.78 is 28.5. The van der Waals surface area contributed by atoms with E-state index in [1.807, 2.05) is 36.6 Å². The van der Waals surface area contributed by atoms with Gasteiger partial charge in [-0.1, -0.05) is 23.8 Å². The Kier molecular flexibility index (Phi) is 7.09. The van der Waals surface area contributed by atoms with Gasteiger partial charge in [0.1, 0.15) is 0 Å². The number of piperazine rings is 1. The van der Waals surface area contributed by atoms with Crippen molar-refractivity contribution in [2.45, 2.75) is 30.3 Å². The Bertz CT molecular complexity index is 1920. The highest BCUT2D eigenvalue weighted by atomic mass is 32.2. The first-order valence-electron chi connectivity index (χ1n) is 13.2. The number of thiophene rings is 1. The number of sulfone groups is 1. The number of rotatable bonds is 7. The summed E-state index contributed by atoms with van der Waals surface area (Å²) in [5.74, 6) is -0.00217. The Morgan fingerprint density at radius 3 is 2.61 bits per heavy atom. The van der Waals surface area contributed by atoms with Gasteiger partial charge in [0.25, 0.3) is 5.56 Å². The van der Waals surface area contributed by atoms with Crippen LogP contribution in [0.5, 0.6) is 0 Å². The van der Waals surface area contributed by atoms with Gasteiger partial charge in [0, 0.05) is 36.7 Å². The summed E-state index contributed by atoms with van der Waals surface area (Å²) in [7, 11) is -4.03. The summed E-state index contributed by atoms with van der Waals surface area (Å²) in [6.07, 6.45) is 0. The third-order valence-electron chi connectivity index (χ3n) is 7.33. The second kappa shape index (κ2) is 10.7. The zero-order valence-electron chi connectivity index (χ0n) is 22.6. The molecule has 2 N–H and O–H groups in total. The standard InChI is InChI=1S/C28H29N7O4S2/c1-18-5-8-24(19(2)14-18)41(38,39)28-26-30-27(37)22-7-6-20(15-23(22)35(26)32-31-28)34-11-9-33(10-12-34)17-25(36)29-16-21-4-3-13-40-21/h3-8,13-15,32H,9-12,16-17H2,1-2H3,(H,29,36). The number of nitrogens with zero attached hydrogens (tertiary/aromatic N) is 5. The van der Waals surface area contributed by atoms with Crippen LogP contribution in [-0.4, -0.2) is 71.8 Å². The second-order valence-corrected chi connectivity index (χ2v) is 13.1. The normalized spacial score (nSPS) is 14.6. The number of aryl methyl sites for hydroxylation is 2. The zero-order valence-corrected chi connectivity index (χ0v) is 24.3. The predicted molar refractivity (Wildman–Crippen MR) is 157 cm³/mol. The molecule has 0 radical (unpaired) electrons. The van der Waals surface area contributed by atoms with E-state index in [1.54, 1.807) is 42.5 Å². The van der Waals surface area contributed by atoms with Gasteiger partial charge in [0.15, 0.2) is 5.65 Å². The average Bonchev–Trinajstić information content (AvgIpc) is 3.63. The van der Waals surface area contributed by atoms with Crippen molar-refractivity contribution in [2.75, 3.05) is 37.6 Å². The van der Waals surface area contributed by atoms with E-state index in [4.69, 9.17) is 0 Å². The van der Waals surface area contributed by atoms with Gasteiger partial charge in [-0.3, -0.25) is 14.5 Å². The molecule has 5 aromatic rings. The van der Waals surface area contributed by atoms with Crippen molar-refractivity contribution in [3.63, 3.8) is 0 Å². The van der Waals surface area contributed by atoms with Crippen molar-refractivity contribution in [1.29, 1.82) is 0 Å². The summed E-state index contributed by atoms with van der Waals surface area (Å²) in [5, 5.41) is 11.9. The van der Waals surface area contributed by atoms with E-state index in [0.29, 0.717) is 55.7 Å². The summed E-state index contributed by atoms with van der Waals surface area (Å²) in [5.41, 5.74) is 2.34. The quantitative estimate of drug-likeness (QED) is 0.295. The molecule has 0 unspecified atom stereocenters. The van der Waals surface area contributed by atoms with Crippen LogP contribution in [0.2, 0.25) is 0 Å². The molecule has 3 aromatic heterocycles. The zero-order chi connectivity index (χ0) is 28.7. The first kappa shape index (κ1) is 27.1. The highest BCUT2D eigenvalue weighted by molar-refractivity contribution is 7.91. The Labute approximate surface area is 240 Å². The fourth-order valence-electron chi connectivity index (χ4n) is 5.20. The van der Waals surface area contributed by atoms with Crippen molar-refractivity contribution >= 4 is 49.3 Å². The molecule has 0 saturated carbocycles. The number of aromatic amines is 1. The molecule has 13 heteroatoms. The average molecular weight is 592 g/mol. The van der Waals surface area contributed by atoms with Gasteiger partial charge in [-0.15, -0.1) is 16.4 Å². The number of H-pyrrole nitrogens is 1. The van der Waals surface area contributed by atoms with E-state index in [-0.39, 0.29) is 21.5 Å². The van der Waals surface area contributed by atoms with Gasteiger partial charge in [-0.25, -0.2) is 18.1 Å². The minimum Gasteiger partial charge on any atom is -0.369 e. The highest BCUT2D eigenvalue weighted by Gasteiger charge is 2.28. The summed E-state index contributed by atoms with van der Waals surface area (Å²) >= 11 is 1.62. The van der Waals surface area contributed by atoms with E-state index in [0.717, 1.165) is 16.1 Å². The molecule has 1 aliphatic heterocycles. The minimum absolute atomic E-state index is 0.00217. The fourth-order valence-corrected chi connectivity index (χ4v) is 7.32. The van der Waals surface area contributed by atoms with Gasteiger partial charge in [0.05, 0.1) is 28.9 Å². The van der Waals surface area contributed by atoms with Crippen LogP contribution in [0.25, 0.3) is 16.6 Å². The maximum Gasteiger partial charge on any atom is 0.281 e. The summed E-state index contributed by atoms with van der Waals surface area (Å²) in [6, 6.07) is 14.5. The highest BCUT2D eigenvalue weighted by Crippen LogP contribution is 2.27. The maximum absolute atomic E-state index is 13.5. The van der Waals surface area contributed by atoms with E-state index < -0.39 is 15.4 Å². The molecule has 1 aliphatic rings. The molecule has 0 aliphatic carbocycles. The van der Waals surface area contributed by atoms with Gasteiger partial charge < -0.3 is 10.2 Å². The number of benzene rings is 2. The lowest BCUT2D eigenvalue weighted by molar-refractivity contribution is -0.122. The van der Waals surface area contributed by atoms with E-state index >= 15 is 0 Å². The van der Waals surface area contributed by atoms with Gasteiger partial charge in [0.2, 0.25) is 20.8 Å². The van der Waals surface area contributed by atoms with E-state index in [1.165, 1.54) is 4.52 Å². The monoisotopic (exact) mass is 591 g/mol. The number of carbonyl (C=O) groups excluding carboxylic acids is 1. The fraction of sp³-hybridized carbons (Fsp3) is 0.286. The summed E-state index contributed by atoms with van der Waals surface area (Å²) in [4.78, 5) is 35.0. The van der Waals surface area contributed by atoms with E-state index in [9.17, 15) is 18.0 Å². The van der Waals surface area contributed by atoms with Crippen molar-refractivity contribution in [3.05, 3.63) is 80.3 Å². The maximum atomic E-state index is 13.5. The number of carbonyl (C=O) groups is 1. The Morgan fingerprint density at radius 2 is 1.88 bits per heavy atom. The predicted octanol–water partition coefficient (Wildman–Crippen LogP) is 2.52. The van der Waals surface area contributed by atoms with Crippen molar-refractivity contribution in [2.24, 2.45) is 0 Å². The van der Waals surface area contributed by atoms with Crippen LogP contribution >= 0.6 is 11.3 Å². The lowest BCUT2D eigenvalue weighted by Gasteiger charge is -2.35. The number of nitrogens with one attached hydrogen (secondary N) is 2. The second-order valence-electron chi connectivity index (χ2n) is 10.2. The topological polar surface area (TPSA) is 133 Å². The number of anilines is 1. The van der Waals surface area contributed by atoms with E-state index in [2.05, 4.69) is 30.4 Å². The number of amides is 1. The third kappa shape index (κ3) is 5.23. The van der Waals surface area contributed by atoms with Crippen LogP contribution in [0.1, 0.15) is 16.0 Å². The molecule has 0 bridgehead atoms. The Morgan fingerprint density at radius 1 is 1.07 bits per heavy atom. The molecule has 6 rings (SSSR count). The molecule has 11 nitrogen and oxygen atoms in total. The SMILES string of the molecule is Cc1ccc(S(=O)(=O)c2n[nH]n3c2nc(=O)c2ccc(N4CCN(CC(=O)NCc5cccs5)CC4)cc23)c(C)c1.